The van der Waals surface area contributed by atoms with Gasteiger partial charge in [-0.3, -0.25) is 4.79 Å². The largest absolute Gasteiger partial charge is 0.468 e. The molecule has 1 fully saturated rings. The Bertz CT molecular complexity index is 196. The third-order valence-electron chi connectivity index (χ3n) is 2.55. The van der Waals surface area contributed by atoms with E-state index in [0.717, 1.165) is 12.3 Å². The van der Waals surface area contributed by atoms with Crippen molar-refractivity contribution < 1.29 is 9.53 Å². The zero-order valence-electron chi connectivity index (χ0n) is 9.28. The van der Waals surface area contributed by atoms with Crippen LogP contribution >= 0.6 is 11.8 Å². The van der Waals surface area contributed by atoms with Gasteiger partial charge in [-0.2, -0.15) is 11.8 Å². The van der Waals surface area contributed by atoms with Crippen LogP contribution in [0.1, 0.15) is 12.8 Å². The summed E-state index contributed by atoms with van der Waals surface area (Å²) in [6, 6.07) is -0.474. The summed E-state index contributed by atoms with van der Waals surface area (Å²) in [4.78, 5) is 13.4. The number of hydrogen-bond acceptors (Lipinski definition) is 5. The fourth-order valence-corrected chi connectivity index (χ4v) is 2.57. The quantitative estimate of drug-likeness (QED) is 0.528. The lowest BCUT2D eigenvalue weighted by atomic mass is 10.4. The first-order chi connectivity index (χ1) is 7.24. The molecule has 5 heteroatoms. The van der Waals surface area contributed by atoms with Crippen molar-refractivity contribution in [2.24, 2.45) is 5.73 Å². The fourth-order valence-electron chi connectivity index (χ4n) is 1.63. The SMILES string of the molecule is COC(=O)C(N)CSCCN1CCCC1. The van der Waals surface area contributed by atoms with Gasteiger partial charge in [0.2, 0.25) is 0 Å². The normalized spacial score (nSPS) is 19.1. The van der Waals surface area contributed by atoms with E-state index in [1.807, 2.05) is 0 Å². The van der Waals surface area contributed by atoms with Crippen molar-refractivity contribution in [2.45, 2.75) is 18.9 Å². The molecule has 0 spiro atoms. The maximum Gasteiger partial charge on any atom is 0.323 e. The zero-order valence-corrected chi connectivity index (χ0v) is 10.1. The van der Waals surface area contributed by atoms with Crippen molar-refractivity contribution >= 4 is 17.7 Å². The van der Waals surface area contributed by atoms with E-state index in [4.69, 9.17) is 5.73 Å². The van der Waals surface area contributed by atoms with E-state index in [9.17, 15) is 4.79 Å². The van der Waals surface area contributed by atoms with Gasteiger partial charge in [0, 0.05) is 18.1 Å². The van der Waals surface area contributed by atoms with Crippen molar-refractivity contribution in [3.63, 3.8) is 0 Å². The standard InChI is InChI=1S/C10H20N2O2S/c1-14-10(13)9(11)8-15-7-6-12-4-2-3-5-12/h9H,2-8,11H2,1H3. The van der Waals surface area contributed by atoms with Crippen molar-refractivity contribution in [1.29, 1.82) is 0 Å². The van der Waals surface area contributed by atoms with Crippen LogP contribution in [0.25, 0.3) is 0 Å². The molecule has 0 aliphatic carbocycles. The highest BCUT2D eigenvalue weighted by atomic mass is 32.2. The molecule has 1 unspecified atom stereocenters. The van der Waals surface area contributed by atoms with Crippen LogP contribution in [0.3, 0.4) is 0 Å². The fraction of sp³-hybridized carbons (Fsp3) is 0.900. The maximum absolute atomic E-state index is 11.0. The lowest BCUT2D eigenvalue weighted by Crippen LogP contribution is -2.34. The summed E-state index contributed by atoms with van der Waals surface area (Å²) in [6.45, 7) is 3.56. The number of ether oxygens (including phenoxy) is 1. The Balaban J connectivity index is 1.98. The average molecular weight is 232 g/mol. The number of likely N-dealkylation sites (tertiary alicyclic amines) is 1. The summed E-state index contributed by atoms with van der Waals surface area (Å²) in [7, 11) is 1.37. The van der Waals surface area contributed by atoms with E-state index in [-0.39, 0.29) is 5.97 Å². The molecule has 1 aliphatic heterocycles. The molecule has 1 rings (SSSR count). The second kappa shape index (κ2) is 7.09. The van der Waals surface area contributed by atoms with Crippen LogP contribution < -0.4 is 5.73 Å². The monoisotopic (exact) mass is 232 g/mol. The van der Waals surface area contributed by atoms with Crippen molar-refractivity contribution in [2.75, 3.05) is 38.2 Å². The van der Waals surface area contributed by atoms with Crippen molar-refractivity contribution in [3.8, 4) is 0 Å². The predicted octanol–water partition coefficient (Wildman–Crippen LogP) is 0.316. The topological polar surface area (TPSA) is 55.6 Å². The molecule has 2 N–H and O–H groups in total. The first-order valence-electron chi connectivity index (χ1n) is 5.37. The molecule has 1 saturated heterocycles. The summed E-state index contributed by atoms with van der Waals surface area (Å²) >= 11 is 1.72. The van der Waals surface area contributed by atoms with Crippen molar-refractivity contribution in [1.82, 2.24) is 4.90 Å². The van der Waals surface area contributed by atoms with Crippen LogP contribution in [0.5, 0.6) is 0 Å². The van der Waals surface area contributed by atoms with Gasteiger partial charge in [-0.25, -0.2) is 0 Å². The maximum atomic E-state index is 11.0. The Morgan fingerprint density at radius 2 is 2.20 bits per heavy atom. The molecular formula is C10H20N2O2S. The van der Waals surface area contributed by atoms with E-state index in [1.165, 1.54) is 33.0 Å². The minimum Gasteiger partial charge on any atom is -0.468 e. The summed E-state index contributed by atoms with van der Waals surface area (Å²) in [5, 5.41) is 0. The van der Waals surface area contributed by atoms with Crippen LogP contribution in [0.2, 0.25) is 0 Å². The lowest BCUT2D eigenvalue weighted by molar-refractivity contribution is -0.141. The second-order valence-corrected chi connectivity index (χ2v) is 4.90. The molecule has 0 amide bonds. The minimum absolute atomic E-state index is 0.316. The summed E-state index contributed by atoms with van der Waals surface area (Å²) < 4.78 is 4.55. The van der Waals surface area contributed by atoms with E-state index in [2.05, 4.69) is 9.64 Å². The highest BCUT2D eigenvalue weighted by Gasteiger charge is 2.14. The Kier molecular flexibility index (Phi) is 6.05. The van der Waals surface area contributed by atoms with E-state index >= 15 is 0 Å². The van der Waals surface area contributed by atoms with Gasteiger partial charge in [-0.05, 0) is 25.9 Å². The Morgan fingerprint density at radius 3 is 2.80 bits per heavy atom. The Morgan fingerprint density at radius 1 is 1.53 bits per heavy atom. The lowest BCUT2D eigenvalue weighted by Gasteiger charge is -2.14. The molecule has 0 aromatic heterocycles. The molecule has 0 bridgehead atoms. The molecule has 88 valence electrons. The van der Waals surface area contributed by atoms with Gasteiger partial charge >= 0.3 is 5.97 Å². The number of thioether (sulfide) groups is 1. The van der Waals surface area contributed by atoms with Crippen LogP contribution in [0, 0.1) is 0 Å². The number of nitrogens with zero attached hydrogens (tertiary/aromatic N) is 1. The van der Waals surface area contributed by atoms with E-state index < -0.39 is 6.04 Å². The van der Waals surface area contributed by atoms with Crippen LogP contribution in [0.4, 0.5) is 0 Å². The zero-order chi connectivity index (χ0) is 11.1. The molecule has 4 nitrogen and oxygen atoms in total. The number of carbonyl (C=O) groups excluding carboxylic acids is 1. The second-order valence-electron chi connectivity index (χ2n) is 3.75. The average Bonchev–Trinajstić information content (AvgIpc) is 2.75. The minimum atomic E-state index is -0.474. The van der Waals surface area contributed by atoms with Gasteiger partial charge in [0.15, 0.2) is 0 Å². The summed E-state index contributed by atoms with van der Waals surface area (Å²) in [5.74, 6) is 1.38. The first kappa shape index (κ1) is 12.8. The predicted molar refractivity (Wildman–Crippen MR) is 63.0 cm³/mol. The molecule has 1 atom stereocenters. The Labute approximate surface area is 95.5 Å². The molecule has 15 heavy (non-hydrogen) atoms. The molecular weight excluding hydrogens is 212 g/mol. The van der Waals surface area contributed by atoms with Crippen LogP contribution in [0.15, 0.2) is 0 Å². The Hall–Kier alpha value is -0.260. The van der Waals surface area contributed by atoms with E-state index in [0.29, 0.717) is 5.75 Å². The van der Waals surface area contributed by atoms with Gasteiger partial charge in [0.05, 0.1) is 7.11 Å². The number of rotatable bonds is 6. The molecule has 0 saturated carbocycles. The third-order valence-corrected chi connectivity index (χ3v) is 3.62. The van der Waals surface area contributed by atoms with Gasteiger partial charge in [-0.15, -0.1) is 0 Å². The highest BCUT2D eigenvalue weighted by Crippen LogP contribution is 2.09. The van der Waals surface area contributed by atoms with Crippen LogP contribution in [-0.2, 0) is 9.53 Å². The summed E-state index contributed by atoms with van der Waals surface area (Å²) in [5.41, 5.74) is 5.61. The molecule has 0 radical (unpaired) electrons. The van der Waals surface area contributed by atoms with Gasteiger partial charge in [0.25, 0.3) is 0 Å². The third kappa shape index (κ3) is 4.86. The van der Waals surface area contributed by atoms with Crippen LogP contribution in [-0.4, -0.2) is 55.2 Å². The first-order valence-corrected chi connectivity index (χ1v) is 6.53. The number of methoxy groups -OCH3 is 1. The molecule has 1 aliphatic rings. The number of esters is 1. The summed E-state index contributed by atoms with van der Waals surface area (Å²) in [6.07, 6.45) is 2.65. The van der Waals surface area contributed by atoms with Crippen molar-refractivity contribution in [3.05, 3.63) is 0 Å². The number of carbonyl (C=O) groups is 1. The van der Waals surface area contributed by atoms with E-state index in [1.54, 1.807) is 11.8 Å². The molecule has 1 heterocycles. The highest BCUT2D eigenvalue weighted by molar-refractivity contribution is 7.99. The molecule has 0 aromatic carbocycles. The smallest absolute Gasteiger partial charge is 0.323 e. The van der Waals surface area contributed by atoms with Gasteiger partial charge in [0.1, 0.15) is 6.04 Å². The number of nitrogens with two attached hydrogens (primary N) is 1. The molecule has 0 aromatic rings. The number of hydrogen-bond donors (Lipinski definition) is 1. The van der Waals surface area contributed by atoms with Gasteiger partial charge in [-0.1, -0.05) is 0 Å². The van der Waals surface area contributed by atoms with Gasteiger partial charge < -0.3 is 15.4 Å².